The van der Waals surface area contributed by atoms with Crippen LogP contribution < -0.4 is 0 Å². The minimum absolute atomic E-state index is 0.158. The maximum atomic E-state index is 12.0. The van der Waals surface area contributed by atoms with E-state index in [2.05, 4.69) is 0 Å². The van der Waals surface area contributed by atoms with Crippen LogP contribution in [-0.2, 0) is 18.8 Å². The Hall–Kier alpha value is -1.66. The van der Waals surface area contributed by atoms with E-state index in [0.717, 1.165) is 11.8 Å². The zero-order valence-corrected chi connectivity index (χ0v) is 15.0. The molecule has 1 atom stereocenters. The molecule has 0 saturated carbocycles. The minimum atomic E-state index is -0.554. The number of aldehydes is 1. The molecule has 0 bridgehead atoms. The third-order valence-corrected chi connectivity index (χ3v) is 4.79. The highest BCUT2D eigenvalue weighted by Gasteiger charge is 2.54. The summed E-state index contributed by atoms with van der Waals surface area (Å²) in [6.45, 7) is 10.0. The van der Waals surface area contributed by atoms with Crippen LogP contribution >= 0.6 is 0 Å². The van der Waals surface area contributed by atoms with Gasteiger partial charge in [-0.05, 0) is 40.2 Å². The molecule has 1 unspecified atom stereocenters. The second-order valence-electron chi connectivity index (χ2n) is 7.02. The molecule has 2 rings (SSSR count). The summed E-state index contributed by atoms with van der Waals surface area (Å²) in [4.78, 5) is 22.9. The van der Waals surface area contributed by atoms with Gasteiger partial charge in [0.2, 0.25) is 0 Å². The Labute approximate surface area is 143 Å². The van der Waals surface area contributed by atoms with Gasteiger partial charge in [0.25, 0.3) is 0 Å². The van der Waals surface area contributed by atoms with Crippen molar-refractivity contribution in [1.82, 2.24) is 0 Å². The third kappa shape index (κ3) is 3.87. The first-order valence-corrected chi connectivity index (χ1v) is 8.26. The molecule has 1 saturated heterocycles. The second kappa shape index (κ2) is 7.07. The van der Waals surface area contributed by atoms with E-state index >= 15 is 0 Å². The maximum Gasteiger partial charge on any atom is 0.466 e. The number of carbonyl (C=O) groups excluding carboxylic acids is 2. The van der Waals surface area contributed by atoms with Gasteiger partial charge in [-0.25, -0.2) is 0 Å². The van der Waals surface area contributed by atoms with Gasteiger partial charge in [-0.2, -0.15) is 0 Å². The van der Waals surface area contributed by atoms with Crippen LogP contribution in [0.15, 0.2) is 24.3 Å². The fourth-order valence-electron chi connectivity index (χ4n) is 2.65. The molecule has 0 aliphatic carbocycles. The van der Waals surface area contributed by atoms with Crippen molar-refractivity contribution in [2.75, 3.05) is 6.61 Å². The molecule has 1 aliphatic heterocycles. The standard InChI is InChI=1S/C18H25BO5/c1-6-22-16(21)11-15(14-9-7-13(12-20)8-10-14)19-23-17(2,3)18(4,5)24-19/h7-10,12,15H,6,11H2,1-5H3. The van der Waals surface area contributed by atoms with Gasteiger partial charge in [-0.3, -0.25) is 9.59 Å². The van der Waals surface area contributed by atoms with Crippen molar-refractivity contribution in [3.05, 3.63) is 35.4 Å². The summed E-state index contributed by atoms with van der Waals surface area (Å²) in [5, 5.41) is 0. The van der Waals surface area contributed by atoms with E-state index < -0.39 is 18.3 Å². The van der Waals surface area contributed by atoms with Crippen molar-refractivity contribution in [3.63, 3.8) is 0 Å². The molecule has 0 aromatic heterocycles. The van der Waals surface area contributed by atoms with Crippen LogP contribution in [0.25, 0.3) is 0 Å². The fourth-order valence-corrected chi connectivity index (χ4v) is 2.65. The van der Waals surface area contributed by atoms with Gasteiger partial charge in [0.1, 0.15) is 6.29 Å². The normalized spacial score (nSPS) is 19.8. The van der Waals surface area contributed by atoms with Crippen molar-refractivity contribution in [2.24, 2.45) is 0 Å². The molecule has 1 fully saturated rings. The van der Waals surface area contributed by atoms with Crippen molar-refractivity contribution in [3.8, 4) is 0 Å². The lowest BCUT2D eigenvalue weighted by molar-refractivity contribution is -0.143. The molecule has 1 aromatic rings. The molecule has 0 radical (unpaired) electrons. The molecule has 130 valence electrons. The molecular weight excluding hydrogens is 307 g/mol. The largest absolute Gasteiger partial charge is 0.466 e. The first-order valence-electron chi connectivity index (χ1n) is 8.26. The van der Waals surface area contributed by atoms with Gasteiger partial charge < -0.3 is 14.0 Å². The fraction of sp³-hybridized carbons (Fsp3) is 0.556. The van der Waals surface area contributed by atoms with E-state index in [4.69, 9.17) is 14.0 Å². The highest BCUT2D eigenvalue weighted by Crippen LogP contribution is 2.41. The quantitative estimate of drug-likeness (QED) is 0.455. The predicted octanol–water partition coefficient (Wildman–Crippen LogP) is 3.17. The van der Waals surface area contributed by atoms with E-state index in [1.54, 1.807) is 19.1 Å². The van der Waals surface area contributed by atoms with Crippen LogP contribution in [0.3, 0.4) is 0 Å². The zero-order valence-electron chi connectivity index (χ0n) is 15.0. The van der Waals surface area contributed by atoms with Crippen molar-refractivity contribution < 1.29 is 23.6 Å². The zero-order chi connectivity index (χ0) is 18.0. The Bertz CT molecular complexity index is 578. The van der Waals surface area contributed by atoms with Gasteiger partial charge in [-0.1, -0.05) is 24.3 Å². The summed E-state index contributed by atoms with van der Waals surface area (Å²) >= 11 is 0. The Balaban J connectivity index is 2.29. The molecule has 1 aromatic carbocycles. The molecule has 0 N–H and O–H groups in total. The van der Waals surface area contributed by atoms with Gasteiger partial charge in [0.05, 0.1) is 24.2 Å². The molecule has 0 spiro atoms. The Kier molecular flexibility index (Phi) is 5.50. The number of rotatable bonds is 6. The molecule has 0 amide bonds. The first-order chi connectivity index (χ1) is 11.2. The minimum Gasteiger partial charge on any atom is -0.466 e. The molecule has 5 nitrogen and oxygen atoms in total. The van der Waals surface area contributed by atoms with Crippen LogP contribution in [0.5, 0.6) is 0 Å². The van der Waals surface area contributed by atoms with E-state index in [1.165, 1.54) is 0 Å². The molecule has 1 aliphatic rings. The predicted molar refractivity (Wildman–Crippen MR) is 91.9 cm³/mol. The van der Waals surface area contributed by atoms with Gasteiger partial charge in [-0.15, -0.1) is 0 Å². The monoisotopic (exact) mass is 332 g/mol. The van der Waals surface area contributed by atoms with Crippen LogP contribution in [0, 0.1) is 0 Å². The van der Waals surface area contributed by atoms with Crippen molar-refractivity contribution in [2.45, 2.75) is 58.1 Å². The van der Waals surface area contributed by atoms with Gasteiger partial charge in [0.15, 0.2) is 0 Å². The summed E-state index contributed by atoms with van der Waals surface area (Å²) < 4.78 is 17.3. The summed E-state index contributed by atoms with van der Waals surface area (Å²) in [5.74, 6) is -0.595. The van der Waals surface area contributed by atoms with Crippen LogP contribution in [0.1, 0.15) is 62.8 Å². The van der Waals surface area contributed by atoms with E-state index in [9.17, 15) is 9.59 Å². The van der Waals surface area contributed by atoms with Crippen molar-refractivity contribution >= 4 is 19.4 Å². The summed E-state index contributed by atoms with van der Waals surface area (Å²) in [6.07, 6.45) is 0.948. The number of benzene rings is 1. The number of carbonyl (C=O) groups is 2. The molecule has 1 heterocycles. The average molecular weight is 332 g/mol. The van der Waals surface area contributed by atoms with Crippen LogP contribution in [0.2, 0.25) is 0 Å². The molecule has 6 heteroatoms. The Morgan fingerprint density at radius 2 is 1.71 bits per heavy atom. The average Bonchev–Trinajstić information content (AvgIpc) is 2.73. The highest BCUT2D eigenvalue weighted by atomic mass is 16.7. The summed E-state index contributed by atoms with van der Waals surface area (Å²) in [7, 11) is -0.554. The lowest BCUT2D eigenvalue weighted by Crippen LogP contribution is -2.41. The van der Waals surface area contributed by atoms with Crippen LogP contribution in [-0.4, -0.2) is 37.2 Å². The number of hydrogen-bond donors (Lipinski definition) is 0. The van der Waals surface area contributed by atoms with E-state index in [-0.39, 0.29) is 18.2 Å². The van der Waals surface area contributed by atoms with Crippen LogP contribution in [0.4, 0.5) is 0 Å². The Morgan fingerprint density at radius 3 is 2.17 bits per heavy atom. The topological polar surface area (TPSA) is 61.8 Å². The lowest BCUT2D eigenvalue weighted by atomic mass is 9.66. The summed E-state index contributed by atoms with van der Waals surface area (Å²) in [5.41, 5.74) is 0.510. The molecular formula is C18H25BO5. The molecule has 24 heavy (non-hydrogen) atoms. The number of hydrogen-bond acceptors (Lipinski definition) is 5. The number of ether oxygens (including phenoxy) is 1. The van der Waals surface area contributed by atoms with Crippen molar-refractivity contribution in [1.29, 1.82) is 0 Å². The SMILES string of the molecule is CCOC(=O)CC(B1OC(C)(C)C(C)(C)O1)c1ccc(C=O)cc1. The summed E-state index contributed by atoms with van der Waals surface area (Å²) in [6, 6.07) is 7.12. The van der Waals surface area contributed by atoms with E-state index in [0.29, 0.717) is 12.2 Å². The van der Waals surface area contributed by atoms with Gasteiger partial charge >= 0.3 is 13.1 Å². The van der Waals surface area contributed by atoms with E-state index in [1.807, 2.05) is 39.8 Å². The van der Waals surface area contributed by atoms with Gasteiger partial charge in [0, 0.05) is 11.4 Å². The third-order valence-electron chi connectivity index (χ3n) is 4.79. The lowest BCUT2D eigenvalue weighted by Gasteiger charge is -2.32. The number of esters is 1. The first kappa shape index (κ1) is 18.7. The maximum absolute atomic E-state index is 12.0. The Morgan fingerprint density at radius 1 is 1.17 bits per heavy atom. The smallest absolute Gasteiger partial charge is 0.466 e. The highest BCUT2D eigenvalue weighted by molar-refractivity contribution is 6.48. The second-order valence-corrected chi connectivity index (χ2v) is 7.02.